The van der Waals surface area contributed by atoms with E-state index in [9.17, 15) is 28.8 Å². The molecular formula is C44H38Cl4N8O8. The fourth-order valence-corrected chi connectivity index (χ4v) is 6.36. The largest absolute Gasteiger partial charge is 0.494 e. The number of halogens is 4. The third-order valence-electron chi connectivity index (χ3n) is 8.95. The first-order valence-electron chi connectivity index (χ1n) is 18.9. The first kappa shape index (κ1) is 48.3. The first-order chi connectivity index (χ1) is 30.6. The Hall–Kier alpha value is -6.72. The van der Waals surface area contributed by atoms with E-state index in [2.05, 4.69) is 41.7 Å². The SMILES string of the molecule is COc1cc(NC(=O)C(N=Nc2cc(C(=O)Nc3cccc(CCl)c3)ccc2Cl)C(C)=O)cc(OC)c1NC(=O)C(N=Nc1cc(C(=O)Nc2cccc(CCl)c2)ccc1Cl)C(C)=O. The fraction of sp³-hybridized carbons (Fsp3) is 0.182. The Bertz CT molecular complexity index is 2650. The summed E-state index contributed by atoms with van der Waals surface area (Å²) in [6.45, 7) is 2.27. The van der Waals surface area contributed by atoms with E-state index in [-0.39, 0.29) is 67.2 Å². The third-order valence-corrected chi connectivity index (χ3v) is 10.2. The Morgan fingerprint density at radius 1 is 0.547 bits per heavy atom. The predicted molar refractivity (Wildman–Crippen MR) is 246 cm³/mol. The van der Waals surface area contributed by atoms with Gasteiger partial charge in [-0.1, -0.05) is 47.5 Å². The Morgan fingerprint density at radius 3 is 1.36 bits per heavy atom. The summed E-state index contributed by atoms with van der Waals surface area (Å²) in [6, 6.07) is 21.7. The van der Waals surface area contributed by atoms with Crippen molar-refractivity contribution in [3.8, 4) is 11.5 Å². The third kappa shape index (κ3) is 12.7. The highest BCUT2D eigenvalue weighted by molar-refractivity contribution is 6.33. The highest BCUT2D eigenvalue weighted by Gasteiger charge is 2.28. The lowest BCUT2D eigenvalue weighted by molar-refractivity contribution is -0.127. The van der Waals surface area contributed by atoms with E-state index in [1.165, 1.54) is 62.8 Å². The van der Waals surface area contributed by atoms with E-state index in [0.29, 0.717) is 11.4 Å². The van der Waals surface area contributed by atoms with Gasteiger partial charge in [0.05, 0.1) is 24.3 Å². The van der Waals surface area contributed by atoms with Gasteiger partial charge in [-0.05, 0) is 85.6 Å². The quantitative estimate of drug-likeness (QED) is 0.0375. The number of carbonyl (C=O) groups excluding carboxylic acids is 6. The summed E-state index contributed by atoms with van der Waals surface area (Å²) >= 11 is 24.5. The van der Waals surface area contributed by atoms with Gasteiger partial charge in [0.1, 0.15) is 28.6 Å². The number of Topliss-reactive ketones (excluding diaryl/α,β-unsaturated/α-hetero) is 2. The Balaban J connectivity index is 1.30. The summed E-state index contributed by atoms with van der Waals surface area (Å²) in [5.41, 5.74) is 3.00. The summed E-state index contributed by atoms with van der Waals surface area (Å²) in [6.07, 6.45) is 0. The monoisotopic (exact) mass is 946 g/mol. The predicted octanol–water partition coefficient (Wildman–Crippen LogP) is 10.4. The molecule has 0 bridgehead atoms. The molecule has 0 aliphatic heterocycles. The van der Waals surface area contributed by atoms with Crippen LogP contribution in [0.25, 0.3) is 0 Å². The molecule has 4 N–H and O–H groups in total. The number of rotatable bonds is 18. The molecule has 0 aliphatic rings. The van der Waals surface area contributed by atoms with Crippen molar-refractivity contribution < 1.29 is 38.2 Å². The molecule has 20 heteroatoms. The zero-order valence-electron chi connectivity index (χ0n) is 34.4. The van der Waals surface area contributed by atoms with Crippen molar-refractivity contribution in [2.45, 2.75) is 37.7 Å². The molecule has 2 unspecified atom stereocenters. The van der Waals surface area contributed by atoms with Gasteiger partial charge in [-0.2, -0.15) is 20.5 Å². The van der Waals surface area contributed by atoms with E-state index < -0.39 is 47.3 Å². The fourth-order valence-electron chi connectivity index (χ4n) is 5.72. The minimum atomic E-state index is -1.70. The highest BCUT2D eigenvalue weighted by atomic mass is 35.5. The van der Waals surface area contributed by atoms with Crippen LogP contribution < -0.4 is 30.7 Å². The number of amides is 4. The average Bonchev–Trinajstić information content (AvgIpc) is 3.27. The van der Waals surface area contributed by atoms with Crippen LogP contribution in [0.3, 0.4) is 0 Å². The summed E-state index contributed by atoms with van der Waals surface area (Å²) in [7, 11) is 2.55. The molecular weight excluding hydrogens is 910 g/mol. The van der Waals surface area contributed by atoms with Crippen molar-refractivity contribution >= 4 is 116 Å². The van der Waals surface area contributed by atoms with Crippen molar-refractivity contribution in [1.82, 2.24) is 0 Å². The molecule has 5 aromatic rings. The van der Waals surface area contributed by atoms with Gasteiger partial charge in [0.15, 0.2) is 11.6 Å². The number of nitrogens with zero attached hydrogens (tertiary/aromatic N) is 4. The van der Waals surface area contributed by atoms with Crippen LogP contribution in [0, 0.1) is 0 Å². The molecule has 2 atom stereocenters. The van der Waals surface area contributed by atoms with Gasteiger partial charge in [0.25, 0.3) is 23.6 Å². The van der Waals surface area contributed by atoms with E-state index in [1.54, 1.807) is 36.4 Å². The first-order valence-corrected chi connectivity index (χ1v) is 20.7. The lowest BCUT2D eigenvalue weighted by Gasteiger charge is -2.18. The number of hydrogen-bond donors (Lipinski definition) is 4. The molecule has 0 saturated carbocycles. The van der Waals surface area contributed by atoms with E-state index >= 15 is 0 Å². The van der Waals surface area contributed by atoms with Crippen LogP contribution >= 0.6 is 46.4 Å². The second-order valence-electron chi connectivity index (χ2n) is 13.6. The van der Waals surface area contributed by atoms with Gasteiger partial charge >= 0.3 is 0 Å². The van der Waals surface area contributed by atoms with Gasteiger partial charge in [-0.25, -0.2) is 0 Å². The Kier molecular flexibility index (Phi) is 17.0. The van der Waals surface area contributed by atoms with Gasteiger partial charge in [-0.15, -0.1) is 23.2 Å². The number of carbonyl (C=O) groups is 6. The van der Waals surface area contributed by atoms with Gasteiger partial charge in [0.2, 0.25) is 12.1 Å². The molecule has 0 aromatic heterocycles. The summed E-state index contributed by atoms with van der Waals surface area (Å²) in [4.78, 5) is 78.4. The zero-order valence-corrected chi connectivity index (χ0v) is 37.4. The number of benzene rings is 5. The van der Waals surface area contributed by atoms with Crippen molar-refractivity contribution in [2.75, 3.05) is 35.5 Å². The lowest BCUT2D eigenvalue weighted by Crippen LogP contribution is -2.32. The van der Waals surface area contributed by atoms with Crippen molar-refractivity contribution in [2.24, 2.45) is 20.5 Å². The summed E-state index contributed by atoms with van der Waals surface area (Å²) in [5, 5.41) is 26.8. The van der Waals surface area contributed by atoms with Crippen LogP contribution in [0.2, 0.25) is 10.0 Å². The normalized spacial score (nSPS) is 12.0. The molecule has 5 rings (SSSR count). The van der Waals surface area contributed by atoms with Crippen LogP contribution in [0.1, 0.15) is 45.7 Å². The van der Waals surface area contributed by atoms with E-state index in [1.807, 2.05) is 12.1 Å². The molecule has 0 aliphatic carbocycles. The Morgan fingerprint density at radius 2 is 0.969 bits per heavy atom. The number of ketones is 2. The second-order valence-corrected chi connectivity index (χ2v) is 14.9. The van der Waals surface area contributed by atoms with Crippen LogP contribution in [0.15, 0.2) is 118 Å². The summed E-state index contributed by atoms with van der Waals surface area (Å²) in [5.74, 6) is -3.72. The van der Waals surface area contributed by atoms with Gasteiger partial charge < -0.3 is 30.7 Å². The number of alkyl halides is 2. The van der Waals surface area contributed by atoms with Gasteiger partial charge in [0, 0.05) is 52.1 Å². The molecule has 0 spiro atoms. The molecule has 330 valence electrons. The summed E-state index contributed by atoms with van der Waals surface area (Å²) < 4.78 is 11.0. The lowest BCUT2D eigenvalue weighted by atomic mass is 10.1. The molecule has 0 saturated heterocycles. The topological polar surface area (TPSA) is 218 Å². The van der Waals surface area contributed by atoms with Crippen LogP contribution in [0.5, 0.6) is 11.5 Å². The molecule has 5 aromatic carbocycles. The number of anilines is 4. The maximum absolute atomic E-state index is 13.6. The molecule has 16 nitrogen and oxygen atoms in total. The smallest absolute Gasteiger partial charge is 0.259 e. The zero-order chi connectivity index (χ0) is 46.5. The molecule has 64 heavy (non-hydrogen) atoms. The van der Waals surface area contributed by atoms with Gasteiger partial charge in [-0.3, -0.25) is 28.8 Å². The molecule has 0 heterocycles. The number of ether oxygens (including phenoxy) is 2. The van der Waals surface area contributed by atoms with Crippen LogP contribution in [-0.4, -0.2) is 61.5 Å². The minimum absolute atomic E-state index is 0.00570. The Labute approximate surface area is 386 Å². The van der Waals surface area contributed by atoms with Crippen molar-refractivity contribution in [3.63, 3.8) is 0 Å². The number of nitrogens with one attached hydrogen (secondary N) is 4. The molecule has 4 amide bonds. The van der Waals surface area contributed by atoms with Crippen molar-refractivity contribution in [3.05, 3.63) is 129 Å². The molecule has 0 fully saturated rings. The average molecular weight is 949 g/mol. The van der Waals surface area contributed by atoms with Crippen LogP contribution in [-0.2, 0) is 30.9 Å². The maximum Gasteiger partial charge on any atom is 0.259 e. The number of methoxy groups -OCH3 is 2. The minimum Gasteiger partial charge on any atom is -0.494 e. The number of azo groups is 2. The van der Waals surface area contributed by atoms with E-state index in [0.717, 1.165) is 25.0 Å². The highest BCUT2D eigenvalue weighted by Crippen LogP contribution is 2.39. The van der Waals surface area contributed by atoms with Crippen LogP contribution in [0.4, 0.5) is 34.1 Å². The standard InChI is InChI=1S/C44H38Cl4N8O8/c1-23(57)38(55-53-34-17-27(11-13-32(34)47)41(59)49-29-9-5-7-25(15-29)21-45)43(61)51-31-19-36(63-3)40(37(20-31)64-4)52-44(62)39(24(2)58)56-54-35-18-28(12-14-33(35)48)42(60)50-30-10-6-8-26(16-30)22-46/h5-20,38-39H,21-22H2,1-4H3,(H,49,59)(H,50,60)(H,51,61)(H,52,62). The maximum atomic E-state index is 13.6. The number of hydrogen-bond acceptors (Lipinski definition) is 12. The second kappa shape index (κ2) is 22.6. The molecule has 0 radical (unpaired) electrons. The van der Waals surface area contributed by atoms with Crippen molar-refractivity contribution in [1.29, 1.82) is 0 Å². The van der Waals surface area contributed by atoms with E-state index in [4.69, 9.17) is 55.9 Å².